The molecule has 0 aliphatic rings. The number of rotatable bonds is 4. The van der Waals surface area contributed by atoms with Crippen molar-refractivity contribution in [2.45, 2.75) is 13.1 Å². The summed E-state index contributed by atoms with van der Waals surface area (Å²) in [7, 11) is 0. The van der Waals surface area contributed by atoms with Crippen LogP contribution in [0.15, 0.2) is 22.7 Å². The van der Waals surface area contributed by atoms with E-state index < -0.39 is 18.6 Å². The van der Waals surface area contributed by atoms with Crippen LogP contribution in [0.3, 0.4) is 0 Å². The molecule has 0 aliphatic carbocycles. The smallest absolute Gasteiger partial charge is 0.328 e. The molecule has 1 aromatic rings. The molecule has 1 amide bonds. The molecule has 0 radical (unpaired) electrons. The molecular formula is C12H12BrClF3NO. The SMILES string of the molecule is Cc1ccc(C(=O)N(CCCl)CC(F)(F)F)cc1Br. The maximum atomic E-state index is 12.4. The van der Waals surface area contributed by atoms with E-state index in [2.05, 4.69) is 15.9 Å². The van der Waals surface area contributed by atoms with Gasteiger partial charge in [-0.25, -0.2) is 0 Å². The topological polar surface area (TPSA) is 20.3 Å². The number of carbonyl (C=O) groups excluding carboxylic acids is 1. The van der Waals surface area contributed by atoms with Crippen molar-refractivity contribution in [1.29, 1.82) is 0 Å². The highest BCUT2D eigenvalue weighted by Gasteiger charge is 2.33. The van der Waals surface area contributed by atoms with Crippen LogP contribution in [0.4, 0.5) is 13.2 Å². The van der Waals surface area contributed by atoms with Gasteiger partial charge in [-0.1, -0.05) is 22.0 Å². The summed E-state index contributed by atoms with van der Waals surface area (Å²) in [4.78, 5) is 12.7. The van der Waals surface area contributed by atoms with Crippen LogP contribution >= 0.6 is 27.5 Å². The highest BCUT2D eigenvalue weighted by atomic mass is 79.9. The second-order valence-corrected chi connectivity index (χ2v) is 5.23. The van der Waals surface area contributed by atoms with Gasteiger partial charge < -0.3 is 4.90 Å². The summed E-state index contributed by atoms with van der Waals surface area (Å²) in [5, 5.41) is 0. The van der Waals surface area contributed by atoms with E-state index in [9.17, 15) is 18.0 Å². The second-order valence-electron chi connectivity index (χ2n) is 3.99. The Labute approximate surface area is 122 Å². The zero-order valence-corrected chi connectivity index (χ0v) is 12.4. The van der Waals surface area contributed by atoms with Crippen LogP contribution in [-0.2, 0) is 0 Å². The number of amides is 1. The van der Waals surface area contributed by atoms with Gasteiger partial charge in [0, 0.05) is 22.5 Å². The normalized spacial score (nSPS) is 11.5. The molecule has 7 heteroatoms. The number of aryl methyl sites for hydroxylation is 1. The van der Waals surface area contributed by atoms with Crippen molar-refractivity contribution in [3.63, 3.8) is 0 Å². The first-order valence-electron chi connectivity index (χ1n) is 5.42. The van der Waals surface area contributed by atoms with Crippen molar-refractivity contribution >= 4 is 33.4 Å². The lowest BCUT2D eigenvalue weighted by molar-refractivity contribution is -0.140. The minimum absolute atomic E-state index is 0.0468. The zero-order valence-electron chi connectivity index (χ0n) is 10.1. The predicted octanol–water partition coefficient (Wildman–Crippen LogP) is 4.00. The lowest BCUT2D eigenvalue weighted by Gasteiger charge is -2.23. The molecule has 0 spiro atoms. The van der Waals surface area contributed by atoms with E-state index in [-0.39, 0.29) is 18.0 Å². The summed E-state index contributed by atoms with van der Waals surface area (Å²) < 4.78 is 37.9. The molecule has 0 saturated carbocycles. The number of halogens is 5. The van der Waals surface area contributed by atoms with Gasteiger partial charge in [0.05, 0.1) is 0 Å². The van der Waals surface area contributed by atoms with Gasteiger partial charge in [0.25, 0.3) is 5.91 Å². The maximum absolute atomic E-state index is 12.4. The quantitative estimate of drug-likeness (QED) is 0.745. The van der Waals surface area contributed by atoms with E-state index in [0.717, 1.165) is 5.56 Å². The number of benzene rings is 1. The molecule has 0 unspecified atom stereocenters. The summed E-state index contributed by atoms with van der Waals surface area (Å²) in [5.41, 5.74) is 1.10. The van der Waals surface area contributed by atoms with Crippen molar-refractivity contribution in [2.24, 2.45) is 0 Å². The van der Waals surface area contributed by atoms with Crippen LogP contribution in [0.2, 0.25) is 0 Å². The van der Waals surface area contributed by atoms with E-state index in [1.807, 2.05) is 6.92 Å². The Hall–Kier alpha value is -0.750. The molecule has 2 nitrogen and oxygen atoms in total. The average Bonchev–Trinajstić information content (AvgIpc) is 2.29. The first-order valence-corrected chi connectivity index (χ1v) is 6.75. The Balaban J connectivity index is 2.95. The summed E-state index contributed by atoms with van der Waals surface area (Å²) in [5.74, 6) is -0.729. The molecule has 0 fully saturated rings. The predicted molar refractivity (Wildman–Crippen MR) is 71.6 cm³/mol. The fourth-order valence-electron chi connectivity index (χ4n) is 1.48. The largest absolute Gasteiger partial charge is 0.406 e. The van der Waals surface area contributed by atoms with Crippen LogP contribution in [0.1, 0.15) is 15.9 Å². The zero-order chi connectivity index (χ0) is 14.6. The Bertz CT molecular complexity index is 465. The van der Waals surface area contributed by atoms with E-state index in [0.29, 0.717) is 9.37 Å². The number of alkyl halides is 4. The Kier molecular flexibility index (Phi) is 5.67. The van der Waals surface area contributed by atoms with E-state index in [1.165, 1.54) is 12.1 Å². The molecule has 0 heterocycles. The van der Waals surface area contributed by atoms with Crippen molar-refractivity contribution in [3.05, 3.63) is 33.8 Å². The van der Waals surface area contributed by atoms with Gasteiger partial charge in [0.2, 0.25) is 0 Å². The molecule has 0 aliphatic heterocycles. The summed E-state index contributed by atoms with van der Waals surface area (Å²) in [6.45, 7) is 0.375. The Morgan fingerprint density at radius 1 is 1.42 bits per heavy atom. The van der Waals surface area contributed by atoms with Crippen LogP contribution in [-0.4, -0.2) is 36.0 Å². The molecule has 0 N–H and O–H groups in total. The fraction of sp³-hybridized carbons (Fsp3) is 0.417. The minimum atomic E-state index is -4.44. The number of hydrogen-bond acceptors (Lipinski definition) is 1. The monoisotopic (exact) mass is 357 g/mol. The lowest BCUT2D eigenvalue weighted by atomic mass is 10.1. The summed E-state index contributed by atoms with van der Waals surface area (Å²) in [6.07, 6.45) is -4.44. The molecular weight excluding hydrogens is 346 g/mol. The molecule has 1 rings (SSSR count). The Morgan fingerprint density at radius 2 is 2.05 bits per heavy atom. The standard InChI is InChI=1S/C12H12BrClF3NO/c1-8-2-3-9(6-10(8)13)11(19)18(5-4-14)7-12(15,16)17/h2-3,6H,4-5,7H2,1H3. The average molecular weight is 359 g/mol. The molecule has 0 atom stereocenters. The highest BCUT2D eigenvalue weighted by molar-refractivity contribution is 9.10. The molecule has 19 heavy (non-hydrogen) atoms. The molecule has 106 valence electrons. The van der Waals surface area contributed by atoms with Crippen LogP contribution in [0.5, 0.6) is 0 Å². The molecule has 0 bridgehead atoms. The van der Waals surface area contributed by atoms with Crippen molar-refractivity contribution < 1.29 is 18.0 Å². The van der Waals surface area contributed by atoms with Gasteiger partial charge >= 0.3 is 6.18 Å². The maximum Gasteiger partial charge on any atom is 0.406 e. The lowest BCUT2D eigenvalue weighted by Crippen LogP contribution is -2.40. The third-order valence-corrected chi connectivity index (χ3v) is 3.45. The Morgan fingerprint density at radius 3 is 2.53 bits per heavy atom. The first kappa shape index (κ1) is 16.3. The van der Waals surface area contributed by atoms with Crippen LogP contribution < -0.4 is 0 Å². The van der Waals surface area contributed by atoms with Crippen LogP contribution in [0, 0.1) is 6.92 Å². The van der Waals surface area contributed by atoms with E-state index in [1.54, 1.807) is 6.07 Å². The number of hydrogen-bond donors (Lipinski definition) is 0. The van der Waals surface area contributed by atoms with Gasteiger partial charge in [-0.15, -0.1) is 11.6 Å². The third kappa shape index (κ3) is 5.03. The molecule has 1 aromatic carbocycles. The van der Waals surface area contributed by atoms with Crippen molar-refractivity contribution in [3.8, 4) is 0 Å². The number of nitrogens with zero attached hydrogens (tertiary/aromatic N) is 1. The third-order valence-electron chi connectivity index (χ3n) is 2.43. The van der Waals surface area contributed by atoms with Crippen molar-refractivity contribution in [1.82, 2.24) is 4.90 Å². The fourth-order valence-corrected chi connectivity index (χ4v) is 2.06. The second kappa shape index (κ2) is 6.61. The summed E-state index contributed by atoms with van der Waals surface area (Å²) in [6, 6.07) is 4.68. The first-order chi connectivity index (χ1) is 8.74. The van der Waals surface area contributed by atoms with Gasteiger partial charge in [0.15, 0.2) is 0 Å². The van der Waals surface area contributed by atoms with E-state index >= 15 is 0 Å². The van der Waals surface area contributed by atoms with Gasteiger partial charge in [0.1, 0.15) is 6.54 Å². The van der Waals surface area contributed by atoms with Gasteiger partial charge in [-0.2, -0.15) is 13.2 Å². The molecule has 0 aromatic heterocycles. The highest BCUT2D eigenvalue weighted by Crippen LogP contribution is 2.21. The number of carbonyl (C=O) groups is 1. The summed E-state index contributed by atoms with van der Waals surface area (Å²) >= 11 is 8.69. The van der Waals surface area contributed by atoms with Crippen LogP contribution in [0.25, 0.3) is 0 Å². The molecule has 0 saturated heterocycles. The van der Waals surface area contributed by atoms with Gasteiger partial charge in [-0.3, -0.25) is 4.79 Å². The minimum Gasteiger partial charge on any atom is -0.328 e. The van der Waals surface area contributed by atoms with Gasteiger partial charge in [-0.05, 0) is 24.6 Å². The van der Waals surface area contributed by atoms with E-state index in [4.69, 9.17) is 11.6 Å². The van der Waals surface area contributed by atoms with Crippen molar-refractivity contribution in [2.75, 3.05) is 19.0 Å².